The molecular weight excluding hydrogens is 216 g/mol. The molecule has 17 heavy (non-hydrogen) atoms. The molecule has 0 aromatic rings. The lowest BCUT2D eigenvalue weighted by molar-refractivity contribution is -0.140. The van der Waals surface area contributed by atoms with Crippen LogP contribution in [0.4, 0.5) is 0 Å². The summed E-state index contributed by atoms with van der Waals surface area (Å²) in [5.74, 6) is -0.146. The van der Waals surface area contributed by atoms with Gasteiger partial charge in [0.1, 0.15) is 0 Å². The van der Waals surface area contributed by atoms with Crippen molar-refractivity contribution in [1.82, 2.24) is 10.6 Å². The number of hydrogen-bond acceptors (Lipinski definition) is 2. The van der Waals surface area contributed by atoms with E-state index in [-0.39, 0.29) is 6.04 Å². The predicted molar refractivity (Wildman–Crippen MR) is 67.4 cm³/mol. The number of hydrogen-bond donors (Lipinski definition) is 2. The third kappa shape index (κ3) is 4.75. The molecule has 0 aromatic heterocycles. The minimum atomic E-state index is -0.503. The van der Waals surface area contributed by atoms with Gasteiger partial charge in [-0.3, -0.25) is 9.59 Å². The third-order valence-electron chi connectivity index (χ3n) is 3.31. The maximum absolute atomic E-state index is 11.6. The molecular formula is C13H24N2O2. The van der Waals surface area contributed by atoms with Crippen molar-refractivity contribution in [3.05, 3.63) is 0 Å². The quantitative estimate of drug-likeness (QED) is 0.734. The van der Waals surface area contributed by atoms with Crippen LogP contribution < -0.4 is 10.6 Å². The molecule has 2 unspecified atom stereocenters. The van der Waals surface area contributed by atoms with Crippen LogP contribution in [-0.4, -0.2) is 24.4 Å². The van der Waals surface area contributed by atoms with Gasteiger partial charge in [0.05, 0.1) is 0 Å². The molecule has 2 amide bonds. The summed E-state index contributed by atoms with van der Waals surface area (Å²) < 4.78 is 0. The molecule has 0 saturated heterocycles. The van der Waals surface area contributed by atoms with Crippen molar-refractivity contribution in [3.8, 4) is 0 Å². The van der Waals surface area contributed by atoms with E-state index >= 15 is 0 Å². The molecule has 2 N–H and O–H groups in total. The van der Waals surface area contributed by atoms with Crippen molar-refractivity contribution < 1.29 is 9.59 Å². The lowest BCUT2D eigenvalue weighted by Gasteiger charge is -2.29. The molecule has 4 nitrogen and oxygen atoms in total. The van der Waals surface area contributed by atoms with Gasteiger partial charge in [-0.15, -0.1) is 0 Å². The lowest BCUT2D eigenvalue weighted by atomic mass is 9.86. The molecule has 0 aromatic carbocycles. The van der Waals surface area contributed by atoms with Gasteiger partial charge < -0.3 is 10.6 Å². The fourth-order valence-corrected chi connectivity index (χ4v) is 2.14. The minimum absolute atomic E-state index is 0.168. The van der Waals surface area contributed by atoms with Gasteiger partial charge in [0.2, 0.25) is 0 Å². The highest BCUT2D eigenvalue weighted by Crippen LogP contribution is 2.23. The fourth-order valence-electron chi connectivity index (χ4n) is 2.14. The van der Waals surface area contributed by atoms with Crippen molar-refractivity contribution >= 4 is 11.8 Å². The topological polar surface area (TPSA) is 58.2 Å². The van der Waals surface area contributed by atoms with Gasteiger partial charge in [-0.05, 0) is 24.7 Å². The Kier molecular flexibility index (Phi) is 5.45. The summed E-state index contributed by atoms with van der Waals surface area (Å²) in [6.07, 6.45) is 4.50. The van der Waals surface area contributed by atoms with Crippen molar-refractivity contribution in [1.29, 1.82) is 0 Å². The van der Waals surface area contributed by atoms with E-state index in [1.54, 1.807) is 0 Å². The van der Waals surface area contributed by atoms with Gasteiger partial charge >= 0.3 is 11.8 Å². The van der Waals surface area contributed by atoms with E-state index in [1.165, 1.54) is 6.42 Å². The highest BCUT2D eigenvalue weighted by atomic mass is 16.2. The van der Waals surface area contributed by atoms with Crippen LogP contribution in [0.25, 0.3) is 0 Å². The molecule has 1 fully saturated rings. The molecule has 0 heterocycles. The summed E-state index contributed by atoms with van der Waals surface area (Å²) in [5.41, 5.74) is 0. The number of nitrogens with one attached hydrogen (secondary N) is 2. The summed E-state index contributed by atoms with van der Waals surface area (Å²) >= 11 is 0. The smallest absolute Gasteiger partial charge is 0.309 e. The Morgan fingerprint density at radius 2 is 1.82 bits per heavy atom. The number of carbonyl (C=O) groups is 2. The lowest BCUT2D eigenvalue weighted by Crippen LogP contribution is -2.48. The zero-order valence-electron chi connectivity index (χ0n) is 11.1. The molecule has 0 aliphatic heterocycles. The maximum atomic E-state index is 11.6. The van der Waals surface area contributed by atoms with Crippen LogP contribution in [0.3, 0.4) is 0 Å². The monoisotopic (exact) mass is 240 g/mol. The normalized spacial score (nSPS) is 24.5. The highest BCUT2D eigenvalue weighted by molar-refractivity contribution is 6.35. The maximum Gasteiger partial charge on any atom is 0.309 e. The van der Waals surface area contributed by atoms with Gasteiger partial charge in [0.25, 0.3) is 0 Å². The SMILES string of the molecule is CC(C)CNC(=O)C(=O)NC1CCCCC1C. The molecule has 0 bridgehead atoms. The molecule has 0 radical (unpaired) electrons. The Hall–Kier alpha value is -1.06. The predicted octanol–water partition coefficient (Wildman–Crippen LogP) is 1.45. The molecule has 2 atom stereocenters. The molecule has 1 aliphatic rings. The molecule has 98 valence electrons. The van der Waals surface area contributed by atoms with E-state index in [1.807, 2.05) is 13.8 Å². The summed E-state index contributed by atoms with van der Waals surface area (Å²) in [5, 5.41) is 5.48. The zero-order valence-corrected chi connectivity index (χ0v) is 11.1. The van der Waals surface area contributed by atoms with E-state index in [9.17, 15) is 9.59 Å². The van der Waals surface area contributed by atoms with Crippen molar-refractivity contribution in [3.63, 3.8) is 0 Å². The van der Waals surface area contributed by atoms with Crippen LogP contribution in [0.1, 0.15) is 46.5 Å². The van der Waals surface area contributed by atoms with Gasteiger partial charge in [0.15, 0.2) is 0 Å². The molecule has 0 spiro atoms. The summed E-state index contributed by atoms with van der Waals surface area (Å²) in [4.78, 5) is 23.2. The second-order valence-corrected chi connectivity index (χ2v) is 5.45. The first-order valence-corrected chi connectivity index (χ1v) is 6.59. The Labute approximate surface area is 104 Å². The Morgan fingerprint density at radius 1 is 1.18 bits per heavy atom. The second-order valence-electron chi connectivity index (χ2n) is 5.45. The number of carbonyl (C=O) groups excluding carboxylic acids is 2. The molecule has 1 aliphatic carbocycles. The van der Waals surface area contributed by atoms with Crippen LogP contribution in [0.5, 0.6) is 0 Å². The van der Waals surface area contributed by atoms with Gasteiger partial charge in [-0.2, -0.15) is 0 Å². The van der Waals surface area contributed by atoms with Crippen LogP contribution in [0.15, 0.2) is 0 Å². The Bertz CT molecular complexity index is 277. The van der Waals surface area contributed by atoms with Gasteiger partial charge in [0, 0.05) is 12.6 Å². The van der Waals surface area contributed by atoms with Crippen molar-refractivity contribution in [2.45, 2.75) is 52.5 Å². The molecule has 1 rings (SSSR count). The van der Waals surface area contributed by atoms with Crippen molar-refractivity contribution in [2.75, 3.05) is 6.54 Å². The van der Waals surface area contributed by atoms with E-state index in [0.29, 0.717) is 18.4 Å². The van der Waals surface area contributed by atoms with Crippen molar-refractivity contribution in [2.24, 2.45) is 11.8 Å². The van der Waals surface area contributed by atoms with Crippen LogP contribution in [0.2, 0.25) is 0 Å². The minimum Gasteiger partial charge on any atom is -0.348 e. The zero-order chi connectivity index (χ0) is 12.8. The largest absolute Gasteiger partial charge is 0.348 e. The van der Waals surface area contributed by atoms with Gasteiger partial charge in [-0.25, -0.2) is 0 Å². The first-order chi connectivity index (χ1) is 8.00. The van der Waals surface area contributed by atoms with Crippen LogP contribution in [-0.2, 0) is 9.59 Å². The first-order valence-electron chi connectivity index (χ1n) is 6.59. The average molecular weight is 240 g/mol. The Balaban J connectivity index is 2.34. The third-order valence-corrected chi connectivity index (χ3v) is 3.31. The highest BCUT2D eigenvalue weighted by Gasteiger charge is 2.25. The summed E-state index contributed by atoms with van der Waals surface area (Å²) in [7, 11) is 0. The van der Waals surface area contributed by atoms with Crippen LogP contribution >= 0.6 is 0 Å². The van der Waals surface area contributed by atoms with E-state index in [4.69, 9.17) is 0 Å². The number of rotatable bonds is 3. The second kappa shape index (κ2) is 6.62. The van der Waals surface area contributed by atoms with E-state index in [2.05, 4.69) is 17.6 Å². The first kappa shape index (κ1) is 14.0. The van der Waals surface area contributed by atoms with Gasteiger partial charge in [-0.1, -0.05) is 33.6 Å². The number of amides is 2. The standard InChI is InChI=1S/C13H24N2O2/c1-9(2)8-14-12(16)13(17)15-11-7-5-4-6-10(11)3/h9-11H,4-8H2,1-3H3,(H,14,16)(H,15,17). The van der Waals surface area contributed by atoms with E-state index in [0.717, 1.165) is 19.3 Å². The Morgan fingerprint density at radius 3 is 2.41 bits per heavy atom. The summed E-state index contributed by atoms with van der Waals surface area (Å²) in [6.45, 7) is 6.69. The fraction of sp³-hybridized carbons (Fsp3) is 0.846. The summed E-state index contributed by atoms with van der Waals surface area (Å²) in [6, 6.07) is 0.168. The molecule has 4 heteroatoms. The molecule has 1 saturated carbocycles. The average Bonchev–Trinajstić information content (AvgIpc) is 2.28. The van der Waals surface area contributed by atoms with Crippen LogP contribution in [0, 0.1) is 11.8 Å². The van der Waals surface area contributed by atoms with E-state index < -0.39 is 11.8 Å².